The molecule has 0 radical (unpaired) electrons. The first kappa shape index (κ1) is 18.3. The van der Waals surface area contributed by atoms with Crippen LogP contribution in [0.15, 0.2) is 6.20 Å². The summed E-state index contributed by atoms with van der Waals surface area (Å²) in [6.45, 7) is 4.79. The van der Waals surface area contributed by atoms with Crippen molar-refractivity contribution in [3.63, 3.8) is 0 Å². The molecular formula is C15H23N5O3S. The second-order valence-corrected chi connectivity index (χ2v) is 7.24. The number of nitrogens with one attached hydrogen (secondary N) is 1. The number of piperazine rings is 1. The van der Waals surface area contributed by atoms with Gasteiger partial charge in [0.15, 0.2) is 5.13 Å². The van der Waals surface area contributed by atoms with Crippen molar-refractivity contribution in [1.82, 2.24) is 19.7 Å². The molecule has 2 heterocycles. The molecule has 0 aromatic carbocycles. The van der Waals surface area contributed by atoms with Crippen LogP contribution in [0.2, 0.25) is 0 Å². The number of aromatic nitrogens is 1. The molecule has 1 aromatic heterocycles. The first-order valence-electron chi connectivity index (χ1n) is 7.71. The lowest BCUT2D eigenvalue weighted by Crippen LogP contribution is -2.60. The molecule has 2 rings (SSSR count). The zero-order chi connectivity index (χ0) is 17.9. The summed E-state index contributed by atoms with van der Waals surface area (Å²) >= 11 is 1.40. The second-order valence-electron chi connectivity index (χ2n) is 6.01. The average molecular weight is 353 g/mol. The Labute approximate surface area is 145 Å². The second kappa shape index (κ2) is 7.71. The summed E-state index contributed by atoms with van der Waals surface area (Å²) in [5.74, 6) is -0.384. The predicted molar refractivity (Wildman–Crippen MR) is 91.8 cm³/mol. The fourth-order valence-corrected chi connectivity index (χ4v) is 3.26. The monoisotopic (exact) mass is 353 g/mol. The van der Waals surface area contributed by atoms with E-state index in [1.165, 1.54) is 23.2 Å². The smallest absolute Gasteiger partial charge is 0.241 e. The Hall–Kier alpha value is -2.00. The Morgan fingerprint density at radius 3 is 2.62 bits per heavy atom. The Kier molecular flexibility index (Phi) is 5.89. The number of carbonyl (C=O) groups excluding carboxylic acids is 3. The molecule has 1 aromatic rings. The van der Waals surface area contributed by atoms with Gasteiger partial charge in [-0.2, -0.15) is 0 Å². The van der Waals surface area contributed by atoms with Crippen molar-refractivity contribution >= 4 is 34.2 Å². The van der Waals surface area contributed by atoms with Gasteiger partial charge in [-0.25, -0.2) is 4.98 Å². The molecule has 3 amide bonds. The molecule has 0 saturated carbocycles. The third kappa shape index (κ3) is 4.51. The maximum absolute atomic E-state index is 12.4. The lowest BCUT2D eigenvalue weighted by atomic mass is 10.1. The molecule has 9 heteroatoms. The van der Waals surface area contributed by atoms with Gasteiger partial charge in [0.2, 0.25) is 17.7 Å². The minimum atomic E-state index is -0.513. The van der Waals surface area contributed by atoms with Crippen LogP contribution < -0.4 is 5.32 Å². The minimum Gasteiger partial charge on any atom is -0.347 e. The molecule has 1 unspecified atom stereocenters. The van der Waals surface area contributed by atoms with Crippen LogP contribution in [0.25, 0.3) is 0 Å². The number of rotatable bonds is 4. The fraction of sp³-hybridized carbons (Fsp3) is 0.600. The minimum absolute atomic E-state index is 0.0612. The van der Waals surface area contributed by atoms with Crippen molar-refractivity contribution in [2.45, 2.75) is 19.9 Å². The van der Waals surface area contributed by atoms with Crippen molar-refractivity contribution < 1.29 is 14.4 Å². The maximum Gasteiger partial charge on any atom is 0.241 e. The number of hydrogen-bond acceptors (Lipinski definition) is 6. The summed E-state index contributed by atoms with van der Waals surface area (Å²) in [4.78, 5) is 46.4. The van der Waals surface area contributed by atoms with Gasteiger partial charge in [-0.3, -0.25) is 19.3 Å². The van der Waals surface area contributed by atoms with Crippen LogP contribution in [0.4, 0.5) is 5.13 Å². The third-order valence-corrected chi connectivity index (χ3v) is 4.70. The van der Waals surface area contributed by atoms with Crippen LogP contribution in [0.5, 0.6) is 0 Å². The molecular weight excluding hydrogens is 330 g/mol. The molecule has 8 nitrogen and oxygen atoms in total. The number of nitrogens with zero attached hydrogens (tertiary/aromatic N) is 4. The van der Waals surface area contributed by atoms with Crippen molar-refractivity contribution in [3.05, 3.63) is 11.1 Å². The van der Waals surface area contributed by atoms with E-state index in [9.17, 15) is 14.4 Å². The quantitative estimate of drug-likeness (QED) is 0.824. The average Bonchev–Trinajstić information content (AvgIpc) is 2.91. The van der Waals surface area contributed by atoms with E-state index in [0.29, 0.717) is 24.8 Å². The molecule has 0 bridgehead atoms. The highest BCUT2D eigenvalue weighted by atomic mass is 32.1. The van der Waals surface area contributed by atoms with E-state index in [2.05, 4.69) is 10.3 Å². The van der Waals surface area contributed by atoms with E-state index in [0.717, 1.165) is 4.88 Å². The fourth-order valence-electron chi connectivity index (χ4n) is 2.58. The Morgan fingerprint density at radius 1 is 1.38 bits per heavy atom. The van der Waals surface area contributed by atoms with Gasteiger partial charge in [0.25, 0.3) is 0 Å². The van der Waals surface area contributed by atoms with Gasteiger partial charge in [-0.1, -0.05) is 0 Å². The highest BCUT2D eigenvalue weighted by Crippen LogP contribution is 2.17. The van der Waals surface area contributed by atoms with E-state index in [-0.39, 0.29) is 24.3 Å². The predicted octanol–water partition coefficient (Wildman–Crippen LogP) is 0.0109. The molecule has 1 aliphatic heterocycles. The van der Waals surface area contributed by atoms with E-state index in [4.69, 9.17) is 0 Å². The molecule has 1 N–H and O–H groups in total. The highest BCUT2D eigenvalue weighted by Gasteiger charge is 2.35. The van der Waals surface area contributed by atoms with Gasteiger partial charge >= 0.3 is 0 Å². The van der Waals surface area contributed by atoms with Gasteiger partial charge in [-0.15, -0.1) is 11.3 Å². The van der Waals surface area contributed by atoms with Crippen LogP contribution in [-0.2, 0) is 14.4 Å². The Morgan fingerprint density at radius 2 is 2.08 bits per heavy atom. The lowest BCUT2D eigenvalue weighted by molar-refractivity contribution is -0.141. The standard InChI is InChI=1S/C15H23N5O3S/c1-10-7-16-15(24-10)17-13(22)9-20-6-5-19(11(2)21)8-12(20)14(23)18(3)4/h7,12H,5-6,8-9H2,1-4H3,(H,16,17,22). The first-order valence-corrected chi connectivity index (χ1v) is 8.52. The number of carbonyl (C=O) groups is 3. The van der Waals surface area contributed by atoms with Gasteiger partial charge in [0.1, 0.15) is 6.04 Å². The summed E-state index contributed by atoms with van der Waals surface area (Å²) in [6, 6.07) is -0.513. The molecule has 0 spiro atoms. The van der Waals surface area contributed by atoms with Crippen molar-refractivity contribution in [3.8, 4) is 0 Å². The normalized spacial score (nSPS) is 18.3. The number of thiazole rings is 1. The van der Waals surface area contributed by atoms with Gasteiger partial charge in [0.05, 0.1) is 6.54 Å². The highest BCUT2D eigenvalue weighted by molar-refractivity contribution is 7.15. The summed E-state index contributed by atoms with van der Waals surface area (Å²) in [6.07, 6.45) is 1.70. The number of amides is 3. The van der Waals surface area contributed by atoms with Crippen molar-refractivity contribution in [2.75, 3.05) is 45.6 Å². The molecule has 0 aliphatic carbocycles. The largest absolute Gasteiger partial charge is 0.347 e. The first-order chi connectivity index (χ1) is 11.3. The third-order valence-electron chi connectivity index (χ3n) is 3.88. The maximum atomic E-state index is 12.4. The number of anilines is 1. The molecule has 132 valence electrons. The van der Waals surface area contributed by atoms with E-state index in [1.807, 2.05) is 11.8 Å². The van der Waals surface area contributed by atoms with E-state index in [1.54, 1.807) is 25.2 Å². The zero-order valence-electron chi connectivity index (χ0n) is 14.4. The van der Waals surface area contributed by atoms with Crippen LogP contribution in [0.3, 0.4) is 0 Å². The molecule has 1 fully saturated rings. The SMILES string of the molecule is CC(=O)N1CCN(CC(=O)Nc2ncc(C)s2)C(C(=O)N(C)C)C1. The Balaban J connectivity index is 2.04. The zero-order valence-corrected chi connectivity index (χ0v) is 15.2. The Bertz CT molecular complexity index is 630. The number of hydrogen-bond donors (Lipinski definition) is 1. The van der Waals surface area contributed by atoms with Crippen LogP contribution in [-0.4, -0.2) is 83.7 Å². The summed E-state index contributed by atoms with van der Waals surface area (Å²) < 4.78 is 0. The molecule has 1 saturated heterocycles. The topological polar surface area (TPSA) is 85.9 Å². The van der Waals surface area contributed by atoms with Crippen molar-refractivity contribution in [2.24, 2.45) is 0 Å². The molecule has 24 heavy (non-hydrogen) atoms. The summed E-state index contributed by atoms with van der Waals surface area (Å²) in [5.41, 5.74) is 0. The van der Waals surface area contributed by atoms with Crippen LogP contribution in [0, 0.1) is 6.92 Å². The van der Waals surface area contributed by atoms with Crippen LogP contribution >= 0.6 is 11.3 Å². The van der Waals surface area contributed by atoms with Crippen LogP contribution in [0.1, 0.15) is 11.8 Å². The lowest BCUT2D eigenvalue weighted by Gasteiger charge is -2.40. The summed E-state index contributed by atoms with van der Waals surface area (Å²) in [7, 11) is 3.34. The van der Waals surface area contributed by atoms with E-state index < -0.39 is 6.04 Å². The van der Waals surface area contributed by atoms with Gasteiger partial charge in [-0.05, 0) is 6.92 Å². The van der Waals surface area contributed by atoms with Gasteiger partial charge in [0, 0.05) is 51.7 Å². The van der Waals surface area contributed by atoms with Crippen molar-refractivity contribution in [1.29, 1.82) is 0 Å². The molecule has 1 aliphatic rings. The number of likely N-dealkylation sites (N-methyl/N-ethyl adjacent to an activating group) is 1. The number of aryl methyl sites for hydroxylation is 1. The van der Waals surface area contributed by atoms with E-state index >= 15 is 0 Å². The summed E-state index contributed by atoms with van der Waals surface area (Å²) in [5, 5.41) is 3.31. The van der Waals surface area contributed by atoms with Gasteiger partial charge < -0.3 is 15.1 Å². The molecule has 1 atom stereocenters.